The fraction of sp³-hybridized carbons (Fsp3) is 0.548. The maximum Gasteiger partial charge on any atom is 0.277 e. The number of hydrogen-bond acceptors (Lipinski definition) is 5. The van der Waals surface area contributed by atoms with E-state index in [-0.39, 0.29) is 16.4 Å². The minimum absolute atomic E-state index is 0.0373. The average molecular weight is 556 g/mol. The van der Waals surface area contributed by atoms with E-state index in [2.05, 4.69) is 17.2 Å². The van der Waals surface area contributed by atoms with Gasteiger partial charge >= 0.3 is 0 Å². The van der Waals surface area contributed by atoms with Crippen molar-refractivity contribution < 1.29 is 17.9 Å². The average Bonchev–Trinajstić information content (AvgIpc) is 2.94. The number of amides is 1. The summed E-state index contributed by atoms with van der Waals surface area (Å²) in [5.41, 5.74) is 0.372. The third-order valence-corrected chi connectivity index (χ3v) is 8.98. The zero-order chi connectivity index (χ0) is 27.9. The summed E-state index contributed by atoms with van der Waals surface area (Å²) in [4.78, 5) is 17.5. The van der Waals surface area contributed by atoms with Gasteiger partial charge in [0.05, 0.1) is 11.5 Å². The van der Waals surface area contributed by atoms with Crippen LogP contribution in [0.5, 0.6) is 0 Å². The van der Waals surface area contributed by atoms with Crippen LogP contribution < -0.4 is 5.32 Å². The summed E-state index contributed by atoms with van der Waals surface area (Å²) in [7, 11) is -2.50. The molecule has 0 aliphatic carbocycles. The second-order valence-electron chi connectivity index (χ2n) is 10.3. The summed E-state index contributed by atoms with van der Waals surface area (Å²) in [6, 6.07) is 11.8. The number of carbonyl (C=O) groups excluding carboxylic acids is 1. The zero-order valence-electron chi connectivity index (χ0n) is 23.7. The van der Waals surface area contributed by atoms with Gasteiger partial charge in [0.15, 0.2) is 11.5 Å². The van der Waals surface area contributed by atoms with Crippen LogP contribution in [0.3, 0.4) is 0 Å². The Labute approximate surface area is 235 Å². The van der Waals surface area contributed by atoms with E-state index in [1.807, 2.05) is 0 Å². The molecule has 2 aromatic rings. The highest BCUT2D eigenvalue weighted by molar-refractivity contribution is 7.89. The molecule has 2 heterocycles. The summed E-state index contributed by atoms with van der Waals surface area (Å²) in [5, 5.41) is 2.70. The molecule has 0 atom stereocenters. The first kappa shape index (κ1) is 30.7. The summed E-state index contributed by atoms with van der Waals surface area (Å²) in [5.74, 6) is 0.0438. The van der Waals surface area contributed by atoms with Crippen molar-refractivity contribution in [2.75, 3.05) is 19.0 Å². The number of hydrogen-bond donors (Lipinski definition) is 1. The van der Waals surface area contributed by atoms with Crippen LogP contribution >= 0.6 is 0 Å². The van der Waals surface area contributed by atoms with Gasteiger partial charge in [-0.1, -0.05) is 109 Å². The molecular weight excluding hydrogens is 510 g/mol. The van der Waals surface area contributed by atoms with Crippen LogP contribution in [0.1, 0.15) is 102 Å². The van der Waals surface area contributed by atoms with Crippen LogP contribution in [0.15, 0.2) is 59.3 Å². The van der Waals surface area contributed by atoms with Gasteiger partial charge in [-0.05, 0) is 30.7 Å². The van der Waals surface area contributed by atoms with E-state index in [0.717, 1.165) is 23.6 Å². The predicted molar refractivity (Wildman–Crippen MR) is 157 cm³/mol. The van der Waals surface area contributed by atoms with Crippen LogP contribution in [-0.4, -0.2) is 37.3 Å². The number of fused-ring (bicyclic) bond motifs is 1. The number of nitrogens with one attached hydrogen (secondary N) is 1. The standard InChI is InChI=1S/C31H45N3O4S/c1-3-4-5-6-7-8-9-10-11-12-13-14-15-20-25-38-30-26-21-16-17-22-27(26)39(36,37)34(2)29(30)31(35)33-28-23-18-19-24-32-28/h16-19,21-24H,3-15,20,25H2,1-2H3,(H,32,33,35). The Morgan fingerprint density at radius 1 is 0.821 bits per heavy atom. The zero-order valence-corrected chi connectivity index (χ0v) is 24.5. The SMILES string of the molecule is CCCCCCCCCCCCCCCCOC1=C(C(=O)Nc2ccccn2)N(C)S(=O)(=O)c2ccccc21. The van der Waals surface area contributed by atoms with Gasteiger partial charge in [0.2, 0.25) is 0 Å². The number of unbranched alkanes of at least 4 members (excludes halogenated alkanes) is 13. The van der Waals surface area contributed by atoms with E-state index in [1.165, 1.54) is 77.7 Å². The molecule has 0 bridgehead atoms. The third-order valence-electron chi connectivity index (χ3n) is 7.17. The van der Waals surface area contributed by atoms with Crippen molar-refractivity contribution in [1.82, 2.24) is 9.29 Å². The van der Waals surface area contributed by atoms with Crippen molar-refractivity contribution in [2.45, 2.75) is 102 Å². The first-order valence-corrected chi connectivity index (χ1v) is 16.1. The minimum atomic E-state index is -3.89. The number of benzene rings is 1. The number of nitrogens with zero attached hydrogens (tertiary/aromatic N) is 2. The highest BCUT2D eigenvalue weighted by atomic mass is 32.2. The molecule has 1 aromatic carbocycles. The molecule has 0 unspecified atom stereocenters. The van der Waals surface area contributed by atoms with E-state index < -0.39 is 15.9 Å². The Kier molecular flexibility index (Phi) is 12.8. The first-order chi connectivity index (χ1) is 19.0. The van der Waals surface area contributed by atoms with Gasteiger partial charge in [0.1, 0.15) is 5.82 Å². The molecule has 0 radical (unpaired) electrons. The number of aromatic nitrogens is 1. The van der Waals surface area contributed by atoms with Crippen LogP contribution in [-0.2, 0) is 19.6 Å². The molecule has 1 aliphatic rings. The lowest BCUT2D eigenvalue weighted by atomic mass is 10.0. The fourth-order valence-corrected chi connectivity index (χ4v) is 6.28. The summed E-state index contributed by atoms with van der Waals surface area (Å²) in [6.45, 7) is 2.67. The molecular formula is C31H45N3O4S. The lowest BCUT2D eigenvalue weighted by molar-refractivity contribution is -0.113. The topological polar surface area (TPSA) is 88.6 Å². The molecule has 0 fully saturated rings. The Bertz CT molecular complexity index is 1170. The smallest absolute Gasteiger partial charge is 0.277 e. The van der Waals surface area contributed by atoms with Crippen molar-refractivity contribution in [3.63, 3.8) is 0 Å². The van der Waals surface area contributed by atoms with Crippen LogP contribution in [0.25, 0.3) is 5.76 Å². The number of carbonyl (C=O) groups is 1. The van der Waals surface area contributed by atoms with Crippen LogP contribution in [0.2, 0.25) is 0 Å². The fourth-order valence-electron chi connectivity index (χ4n) is 4.89. The highest BCUT2D eigenvalue weighted by Crippen LogP contribution is 2.37. The molecule has 1 N–H and O–H groups in total. The van der Waals surface area contributed by atoms with Gasteiger partial charge < -0.3 is 10.1 Å². The van der Waals surface area contributed by atoms with Gasteiger partial charge in [0, 0.05) is 18.8 Å². The largest absolute Gasteiger partial charge is 0.490 e. The Balaban J connectivity index is 1.49. The molecule has 8 heteroatoms. The number of ether oxygens (including phenoxy) is 1. The minimum Gasteiger partial charge on any atom is -0.490 e. The van der Waals surface area contributed by atoms with Crippen LogP contribution in [0.4, 0.5) is 5.82 Å². The summed E-state index contributed by atoms with van der Waals surface area (Å²) >= 11 is 0. The summed E-state index contributed by atoms with van der Waals surface area (Å²) < 4.78 is 33.5. The molecule has 0 saturated carbocycles. The van der Waals surface area contributed by atoms with E-state index in [9.17, 15) is 13.2 Å². The Morgan fingerprint density at radius 3 is 1.97 bits per heavy atom. The molecule has 3 rings (SSSR count). The van der Waals surface area contributed by atoms with Gasteiger partial charge in [-0.15, -0.1) is 0 Å². The highest BCUT2D eigenvalue weighted by Gasteiger charge is 2.38. The van der Waals surface area contributed by atoms with Gasteiger partial charge in [0.25, 0.3) is 15.9 Å². The third kappa shape index (κ3) is 9.09. The van der Waals surface area contributed by atoms with Crippen molar-refractivity contribution >= 4 is 27.5 Å². The quantitative estimate of drug-likeness (QED) is 0.192. The molecule has 1 aliphatic heterocycles. The maximum absolute atomic E-state index is 13.3. The monoisotopic (exact) mass is 555 g/mol. The molecule has 214 valence electrons. The number of sulfonamides is 1. The second-order valence-corrected chi connectivity index (χ2v) is 12.2. The van der Waals surface area contributed by atoms with Gasteiger partial charge in [-0.25, -0.2) is 13.4 Å². The van der Waals surface area contributed by atoms with Gasteiger partial charge in [-0.2, -0.15) is 0 Å². The normalized spacial score (nSPS) is 14.3. The van der Waals surface area contributed by atoms with Crippen molar-refractivity contribution in [1.29, 1.82) is 0 Å². The predicted octanol–water partition coefficient (Wildman–Crippen LogP) is 7.52. The number of anilines is 1. The second kappa shape index (κ2) is 16.3. The van der Waals surface area contributed by atoms with E-state index >= 15 is 0 Å². The molecule has 7 nitrogen and oxygen atoms in total. The van der Waals surface area contributed by atoms with Crippen LogP contribution in [0, 0.1) is 0 Å². The lowest BCUT2D eigenvalue weighted by Crippen LogP contribution is -2.37. The Morgan fingerprint density at radius 2 is 1.38 bits per heavy atom. The van der Waals surface area contributed by atoms with E-state index in [1.54, 1.807) is 48.7 Å². The summed E-state index contributed by atoms with van der Waals surface area (Å²) in [6.07, 6.45) is 19.3. The Hall–Kier alpha value is -2.87. The first-order valence-electron chi connectivity index (χ1n) is 14.6. The maximum atomic E-state index is 13.3. The molecule has 39 heavy (non-hydrogen) atoms. The van der Waals surface area contributed by atoms with Gasteiger partial charge in [-0.3, -0.25) is 9.10 Å². The molecule has 0 saturated heterocycles. The molecule has 1 amide bonds. The molecule has 1 aromatic heterocycles. The van der Waals surface area contributed by atoms with Crippen molar-refractivity contribution in [3.8, 4) is 0 Å². The van der Waals surface area contributed by atoms with E-state index in [0.29, 0.717) is 18.0 Å². The number of pyridine rings is 1. The van der Waals surface area contributed by atoms with Crippen molar-refractivity contribution in [3.05, 3.63) is 59.9 Å². The molecule has 0 spiro atoms. The lowest BCUT2D eigenvalue weighted by Gasteiger charge is -2.30. The van der Waals surface area contributed by atoms with Crippen molar-refractivity contribution in [2.24, 2.45) is 0 Å². The number of rotatable bonds is 18. The number of likely N-dealkylation sites (N-methyl/N-ethyl adjacent to an activating group) is 1. The van der Waals surface area contributed by atoms with E-state index in [4.69, 9.17) is 4.74 Å².